The zero-order chi connectivity index (χ0) is 7.84. The second-order valence-electron chi connectivity index (χ2n) is 4.40. The maximum absolute atomic E-state index is 5.57. The van der Waals surface area contributed by atoms with Crippen molar-refractivity contribution >= 4 is 0 Å². The first-order chi connectivity index (χ1) is 5.29. The van der Waals surface area contributed by atoms with E-state index >= 15 is 0 Å². The molecular formula is C10H18O. The molecule has 1 heteroatoms. The topological polar surface area (TPSA) is 9.23 Å². The first-order valence-corrected chi connectivity index (χ1v) is 4.87. The molecule has 2 rings (SSSR count). The Hall–Kier alpha value is -0.0400. The summed E-state index contributed by atoms with van der Waals surface area (Å²) >= 11 is 0. The van der Waals surface area contributed by atoms with Gasteiger partial charge in [0.25, 0.3) is 0 Å². The Morgan fingerprint density at radius 3 is 2.45 bits per heavy atom. The minimum Gasteiger partial charge on any atom is -0.381 e. The molecule has 0 unspecified atom stereocenters. The van der Waals surface area contributed by atoms with Crippen molar-refractivity contribution in [1.29, 1.82) is 0 Å². The van der Waals surface area contributed by atoms with Crippen LogP contribution in [0.2, 0.25) is 0 Å². The van der Waals surface area contributed by atoms with Crippen LogP contribution in [-0.4, -0.2) is 13.2 Å². The molecule has 1 aliphatic heterocycles. The molecule has 0 aromatic rings. The van der Waals surface area contributed by atoms with E-state index in [1.807, 2.05) is 0 Å². The molecule has 0 amide bonds. The first kappa shape index (κ1) is 7.60. The van der Waals surface area contributed by atoms with Gasteiger partial charge in [0.15, 0.2) is 0 Å². The summed E-state index contributed by atoms with van der Waals surface area (Å²) in [6, 6.07) is 0. The summed E-state index contributed by atoms with van der Waals surface area (Å²) in [6.45, 7) is 6.77. The summed E-state index contributed by atoms with van der Waals surface area (Å²) in [7, 11) is 0. The van der Waals surface area contributed by atoms with Crippen molar-refractivity contribution in [3.05, 3.63) is 0 Å². The zero-order valence-corrected chi connectivity index (χ0v) is 7.55. The lowest BCUT2D eigenvalue weighted by atomic mass is 9.81. The summed E-state index contributed by atoms with van der Waals surface area (Å²) < 4.78 is 5.57. The van der Waals surface area contributed by atoms with Crippen LogP contribution in [0.25, 0.3) is 0 Å². The molecular weight excluding hydrogens is 136 g/mol. The van der Waals surface area contributed by atoms with E-state index in [9.17, 15) is 0 Å². The number of fused-ring (bicyclic) bond motifs is 1. The molecule has 1 nitrogen and oxygen atoms in total. The average Bonchev–Trinajstić information content (AvgIpc) is 2.35. The first-order valence-electron chi connectivity index (χ1n) is 4.87. The molecule has 11 heavy (non-hydrogen) atoms. The maximum atomic E-state index is 5.57. The normalized spacial score (nSPS) is 50.7. The molecule has 0 bridgehead atoms. The lowest BCUT2D eigenvalue weighted by molar-refractivity contribution is -0.0200. The fourth-order valence-corrected chi connectivity index (χ4v) is 2.81. The number of hydrogen-bond acceptors (Lipinski definition) is 1. The predicted molar refractivity (Wildman–Crippen MR) is 45.4 cm³/mol. The lowest BCUT2D eigenvalue weighted by Gasteiger charge is -2.33. The van der Waals surface area contributed by atoms with Crippen LogP contribution in [0.5, 0.6) is 0 Å². The van der Waals surface area contributed by atoms with Gasteiger partial charge in [-0.25, -0.2) is 0 Å². The molecule has 1 heterocycles. The van der Waals surface area contributed by atoms with E-state index in [1.54, 1.807) is 0 Å². The predicted octanol–water partition coefficient (Wildman–Crippen LogP) is 2.32. The van der Waals surface area contributed by atoms with Crippen LogP contribution in [0.1, 0.15) is 26.7 Å². The Balaban J connectivity index is 2.07. The zero-order valence-electron chi connectivity index (χ0n) is 7.55. The van der Waals surface area contributed by atoms with Gasteiger partial charge in [-0.1, -0.05) is 20.3 Å². The minimum atomic E-state index is 0.818. The van der Waals surface area contributed by atoms with Gasteiger partial charge >= 0.3 is 0 Å². The average molecular weight is 154 g/mol. The molecule has 1 saturated carbocycles. The monoisotopic (exact) mass is 154 g/mol. The Labute approximate surface area is 69.1 Å². The molecule has 1 saturated heterocycles. The molecule has 4 atom stereocenters. The third-order valence-corrected chi connectivity index (χ3v) is 3.66. The highest BCUT2D eigenvalue weighted by Gasteiger charge is 2.39. The summed E-state index contributed by atoms with van der Waals surface area (Å²) in [4.78, 5) is 0. The standard InChI is InChI=1S/C10H18O/c1-7-3-4-9-8(2)5-11-6-10(7)9/h7-10H,3-6H2,1-2H3/t7-,8-,9+,10+/m0/s1. The highest BCUT2D eigenvalue weighted by molar-refractivity contribution is 4.87. The summed E-state index contributed by atoms with van der Waals surface area (Å²) in [6.07, 6.45) is 2.89. The fraction of sp³-hybridized carbons (Fsp3) is 1.00. The van der Waals surface area contributed by atoms with E-state index in [1.165, 1.54) is 12.8 Å². The molecule has 0 N–H and O–H groups in total. The third-order valence-electron chi connectivity index (χ3n) is 3.66. The van der Waals surface area contributed by atoms with Crippen LogP contribution in [0.15, 0.2) is 0 Å². The van der Waals surface area contributed by atoms with Crippen LogP contribution in [0.4, 0.5) is 0 Å². The van der Waals surface area contributed by atoms with Gasteiger partial charge in [-0.05, 0) is 30.1 Å². The van der Waals surface area contributed by atoms with E-state index in [2.05, 4.69) is 13.8 Å². The molecule has 1 aliphatic carbocycles. The van der Waals surface area contributed by atoms with Crippen molar-refractivity contribution in [3.8, 4) is 0 Å². The maximum Gasteiger partial charge on any atom is 0.0499 e. The van der Waals surface area contributed by atoms with E-state index < -0.39 is 0 Å². The summed E-state index contributed by atoms with van der Waals surface area (Å²) in [5, 5.41) is 0. The summed E-state index contributed by atoms with van der Waals surface area (Å²) in [5.41, 5.74) is 0. The van der Waals surface area contributed by atoms with E-state index in [0.29, 0.717) is 0 Å². The van der Waals surface area contributed by atoms with Gasteiger partial charge in [0, 0.05) is 13.2 Å². The molecule has 2 fully saturated rings. The molecule has 0 spiro atoms. The Bertz CT molecular complexity index is 142. The van der Waals surface area contributed by atoms with Gasteiger partial charge in [-0.15, -0.1) is 0 Å². The van der Waals surface area contributed by atoms with E-state index in [-0.39, 0.29) is 0 Å². The van der Waals surface area contributed by atoms with E-state index in [0.717, 1.165) is 36.9 Å². The van der Waals surface area contributed by atoms with Crippen LogP contribution in [0.3, 0.4) is 0 Å². The van der Waals surface area contributed by atoms with Crippen molar-refractivity contribution in [3.63, 3.8) is 0 Å². The van der Waals surface area contributed by atoms with Crippen LogP contribution in [0, 0.1) is 23.7 Å². The van der Waals surface area contributed by atoms with Crippen molar-refractivity contribution in [1.82, 2.24) is 0 Å². The number of ether oxygens (including phenoxy) is 1. The van der Waals surface area contributed by atoms with Gasteiger partial charge in [-0.3, -0.25) is 0 Å². The molecule has 0 aromatic carbocycles. The van der Waals surface area contributed by atoms with Crippen LogP contribution >= 0.6 is 0 Å². The Kier molecular flexibility index (Phi) is 1.92. The van der Waals surface area contributed by atoms with Crippen molar-refractivity contribution in [2.24, 2.45) is 23.7 Å². The Morgan fingerprint density at radius 2 is 1.73 bits per heavy atom. The van der Waals surface area contributed by atoms with Gasteiger partial charge in [0.1, 0.15) is 0 Å². The molecule has 2 aliphatic rings. The summed E-state index contributed by atoms with van der Waals surface area (Å²) in [5.74, 6) is 3.61. The number of hydrogen-bond donors (Lipinski definition) is 0. The Morgan fingerprint density at radius 1 is 0.909 bits per heavy atom. The fourth-order valence-electron chi connectivity index (χ4n) is 2.81. The molecule has 0 radical (unpaired) electrons. The second kappa shape index (κ2) is 2.78. The highest BCUT2D eigenvalue weighted by Crippen LogP contribution is 2.43. The van der Waals surface area contributed by atoms with E-state index in [4.69, 9.17) is 4.74 Å². The lowest BCUT2D eigenvalue weighted by Crippen LogP contribution is -2.32. The highest BCUT2D eigenvalue weighted by atomic mass is 16.5. The minimum absolute atomic E-state index is 0.818. The number of rotatable bonds is 0. The second-order valence-corrected chi connectivity index (χ2v) is 4.40. The quantitative estimate of drug-likeness (QED) is 0.520. The SMILES string of the molecule is C[C@H]1CC[C@H]2[C@@H]1COC[C@@H]2C. The van der Waals surface area contributed by atoms with Crippen LogP contribution in [-0.2, 0) is 4.74 Å². The third kappa shape index (κ3) is 1.20. The van der Waals surface area contributed by atoms with Crippen molar-refractivity contribution in [2.75, 3.05) is 13.2 Å². The largest absolute Gasteiger partial charge is 0.381 e. The van der Waals surface area contributed by atoms with Gasteiger partial charge in [0.2, 0.25) is 0 Å². The van der Waals surface area contributed by atoms with Crippen LogP contribution < -0.4 is 0 Å². The molecule has 64 valence electrons. The van der Waals surface area contributed by atoms with Crippen molar-refractivity contribution < 1.29 is 4.74 Å². The molecule has 0 aromatic heterocycles. The van der Waals surface area contributed by atoms with Crippen molar-refractivity contribution in [2.45, 2.75) is 26.7 Å². The smallest absolute Gasteiger partial charge is 0.0499 e. The van der Waals surface area contributed by atoms with Gasteiger partial charge < -0.3 is 4.74 Å². The van der Waals surface area contributed by atoms with Gasteiger partial charge in [0.05, 0.1) is 0 Å². The van der Waals surface area contributed by atoms with Gasteiger partial charge in [-0.2, -0.15) is 0 Å².